The fourth-order valence-electron chi connectivity index (χ4n) is 8.12. The molecule has 5 N–H and O–H groups in total. The molecule has 65 heavy (non-hydrogen) atoms. The molecule has 2 heterocycles. The largest absolute Gasteiger partial charge is 0.496 e. The quantitative estimate of drug-likeness (QED) is 0.0922. The highest BCUT2D eigenvalue weighted by molar-refractivity contribution is 5.98. The van der Waals surface area contributed by atoms with Gasteiger partial charge in [0.25, 0.3) is 5.91 Å². The number of tetrazole rings is 1. The Morgan fingerprint density at radius 3 is 2.14 bits per heavy atom. The first-order chi connectivity index (χ1) is 30.8. The summed E-state index contributed by atoms with van der Waals surface area (Å²) in [5, 5.41) is 26.1. The summed E-state index contributed by atoms with van der Waals surface area (Å²) in [6, 6.07) is 17.2. The van der Waals surface area contributed by atoms with E-state index in [4.69, 9.17) is 14.2 Å². The second kappa shape index (κ2) is 21.0. The van der Waals surface area contributed by atoms with Crippen LogP contribution in [0, 0.1) is 18.8 Å². The molecule has 2 aliphatic rings. The Kier molecular flexibility index (Phi) is 15.5. The Bertz CT molecular complexity index is 2290. The van der Waals surface area contributed by atoms with Crippen LogP contribution < -0.4 is 26.0 Å². The number of hydrogen-bond donors (Lipinski definition) is 5. The molecule has 2 fully saturated rings. The van der Waals surface area contributed by atoms with E-state index < -0.39 is 23.3 Å². The molecule has 1 atom stereocenters. The molecule has 3 aromatic carbocycles. The van der Waals surface area contributed by atoms with Gasteiger partial charge in [0.1, 0.15) is 23.0 Å². The Balaban J connectivity index is 1.14. The van der Waals surface area contributed by atoms with Crippen LogP contribution in [-0.2, 0) is 25.5 Å². The zero-order chi connectivity index (χ0) is 46.9. The number of hydrogen-bond acceptors (Lipinski definition) is 11. The highest BCUT2D eigenvalue weighted by Crippen LogP contribution is 2.35. The number of piperidine rings is 1. The minimum absolute atomic E-state index is 0.0807. The normalized spacial score (nSPS) is 17.3. The molecule has 4 aromatic rings. The maximum absolute atomic E-state index is 14.1. The summed E-state index contributed by atoms with van der Waals surface area (Å²) in [6.07, 6.45) is 3.34. The number of H-pyrrole nitrogens is 1. The number of aryl methyl sites for hydroxylation is 1. The van der Waals surface area contributed by atoms with Crippen molar-refractivity contribution in [1.29, 1.82) is 0 Å². The number of alkyl carbamates (subject to hydrolysis) is 1. The second-order valence-corrected chi connectivity index (χ2v) is 18.9. The van der Waals surface area contributed by atoms with Gasteiger partial charge in [-0.3, -0.25) is 14.4 Å². The number of carbonyl (C=O) groups is 5. The summed E-state index contributed by atoms with van der Waals surface area (Å²) in [4.78, 5) is 67.9. The first-order valence-electron chi connectivity index (χ1n) is 22.3. The number of carbonyl (C=O) groups excluding carboxylic acids is 5. The maximum atomic E-state index is 14.1. The van der Waals surface area contributed by atoms with Crippen molar-refractivity contribution in [3.8, 4) is 28.3 Å². The number of rotatable bonds is 13. The first-order valence-corrected chi connectivity index (χ1v) is 22.3. The molecule has 17 heteroatoms. The molecular formula is C48H63N9O8. The predicted molar refractivity (Wildman–Crippen MR) is 245 cm³/mol. The van der Waals surface area contributed by atoms with Crippen LogP contribution in [0.15, 0.2) is 60.7 Å². The van der Waals surface area contributed by atoms with Crippen molar-refractivity contribution >= 4 is 35.6 Å². The fourth-order valence-corrected chi connectivity index (χ4v) is 8.12. The number of amides is 5. The smallest absolute Gasteiger partial charge is 0.410 e. The van der Waals surface area contributed by atoms with Crippen molar-refractivity contribution in [2.24, 2.45) is 11.8 Å². The van der Waals surface area contributed by atoms with Crippen LogP contribution in [0.4, 0.5) is 15.3 Å². The monoisotopic (exact) mass is 893 g/mol. The van der Waals surface area contributed by atoms with E-state index >= 15 is 0 Å². The van der Waals surface area contributed by atoms with Gasteiger partial charge in [-0.05, 0) is 163 Å². The number of aromatic nitrogens is 4. The average Bonchev–Trinajstić information content (AvgIpc) is 3.80. The molecule has 1 saturated heterocycles. The van der Waals surface area contributed by atoms with Crippen LogP contribution >= 0.6 is 0 Å². The van der Waals surface area contributed by atoms with Gasteiger partial charge < -0.3 is 40.4 Å². The van der Waals surface area contributed by atoms with Crippen molar-refractivity contribution in [1.82, 2.24) is 41.5 Å². The van der Waals surface area contributed by atoms with E-state index in [0.717, 1.165) is 35.1 Å². The number of likely N-dealkylation sites (tertiary alicyclic amines) is 1. The third-order valence-electron chi connectivity index (χ3n) is 11.5. The minimum atomic E-state index is -0.935. The van der Waals surface area contributed by atoms with Gasteiger partial charge in [-0.1, -0.05) is 12.1 Å². The zero-order valence-electron chi connectivity index (χ0n) is 38.7. The Morgan fingerprint density at radius 1 is 0.831 bits per heavy atom. The van der Waals surface area contributed by atoms with Gasteiger partial charge in [-0.25, -0.2) is 9.59 Å². The summed E-state index contributed by atoms with van der Waals surface area (Å²) >= 11 is 0. The van der Waals surface area contributed by atoms with Crippen LogP contribution in [0.1, 0.15) is 102 Å². The highest BCUT2D eigenvalue weighted by atomic mass is 16.6. The van der Waals surface area contributed by atoms with E-state index in [1.807, 2.05) is 78.8 Å². The molecule has 0 bridgehead atoms. The van der Waals surface area contributed by atoms with Crippen LogP contribution in [0.2, 0.25) is 0 Å². The molecule has 348 valence electrons. The molecule has 1 saturated carbocycles. The number of ether oxygens (including phenoxy) is 3. The van der Waals surface area contributed by atoms with Crippen LogP contribution in [0.5, 0.6) is 5.75 Å². The van der Waals surface area contributed by atoms with Gasteiger partial charge in [-0.2, -0.15) is 5.21 Å². The highest BCUT2D eigenvalue weighted by Gasteiger charge is 2.31. The Morgan fingerprint density at radius 2 is 1.52 bits per heavy atom. The molecule has 17 nitrogen and oxygen atoms in total. The molecule has 5 amide bonds. The third kappa shape index (κ3) is 13.7. The lowest BCUT2D eigenvalue weighted by Gasteiger charge is -2.33. The summed E-state index contributed by atoms with van der Waals surface area (Å²) in [6.45, 7) is 14.4. The molecule has 0 radical (unpaired) electrons. The van der Waals surface area contributed by atoms with E-state index in [9.17, 15) is 24.0 Å². The molecule has 6 rings (SSSR count). The first kappa shape index (κ1) is 47.9. The number of nitrogens with zero attached hydrogens (tertiary/aromatic N) is 4. The SMILES string of the molecule is COc1ccc(C[C@H](NC(=O)[C@H]2CC[C@H](CNC(=O)OC(C)(C)C)CC2)C(=O)Nc2ccc(-c3nn[nH]n3)cc2)cc1-c1ccc(C(=O)NC2CCN(C(=O)OC(C)(C)C)CC2)cc1C. The van der Waals surface area contributed by atoms with Crippen molar-refractivity contribution in [2.75, 3.05) is 32.1 Å². The Labute approximate surface area is 380 Å². The summed E-state index contributed by atoms with van der Waals surface area (Å²) in [7, 11) is 1.59. The van der Waals surface area contributed by atoms with Gasteiger partial charge in [0.15, 0.2) is 0 Å². The maximum Gasteiger partial charge on any atom is 0.410 e. The molecular weight excluding hydrogens is 831 g/mol. The average molecular weight is 894 g/mol. The molecule has 1 aliphatic heterocycles. The van der Waals surface area contributed by atoms with Crippen molar-refractivity contribution in [3.05, 3.63) is 77.4 Å². The summed E-state index contributed by atoms with van der Waals surface area (Å²) in [5.41, 5.74) is 3.82. The minimum Gasteiger partial charge on any atom is -0.496 e. The van der Waals surface area contributed by atoms with Crippen LogP contribution in [-0.4, -0.2) is 105 Å². The summed E-state index contributed by atoms with van der Waals surface area (Å²) < 4.78 is 16.7. The number of benzene rings is 3. The van der Waals surface area contributed by atoms with E-state index in [1.54, 1.807) is 42.3 Å². The van der Waals surface area contributed by atoms with Gasteiger partial charge in [-0.15, -0.1) is 10.2 Å². The lowest BCUT2D eigenvalue weighted by Crippen LogP contribution is -2.48. The lowest BCUT2D eigenvalue weighted by atomic mass is 9.81. The number of anilines is 1. The lowest BCUT2D eigenvalue weighted by molar-refractivity contribution is -0.130. The van der Waals surface area contributed by atoms with E-state index in [-0.39, 0.29) is 48.1 Å². The van der Waals surface area contributed by atoms with Gasteiger partial charge in [0, 0.05) is 60.4 Å². The topological polar surface area (TPSA) is 219 Å². The summed E-state index contributed by atoms with van der Waals surface area (Å²) in [5.74, 6) is 0.143. The predicted octanol–water partition coefficient (Wildman–Crippen LogP) is 6.98. The van der Waals surface area contributed by atoms with Crippen molar-refractivity contribution < 1.29 is 38.2 Å². The number of methoxy groups -OCH3 is 1. The van der Waals surface area contributed by atoms with Gasteiger partial charge in [0.2, 0.25) is 17.6 Å². The second-order valence-electron chi connectivity index (χ2n) is 18.9. The molecule has 1 aromatic heterocycles. The Hall–Kier alpha value is -6.52. The zero-order valence-corrected chi connectivity index (χ0v) is 38.7. The van der Waals surface area contributed by atoms with E-state index in [2.05, 4.69) is 41.9 Å². The van der Waals surface area contributed by atoms with Crippen LogP contribution in [0.3, 0.4) is 0 Å². The third-order valence-corrected chi connectivity index (χ3v) is 11.5. The van der Waals surface area contributed by atoms with Crippen molar-refractivity contribution in [2.45, 2.75) is 117 Å². The van der Waals surface area contributed by atoms with Crippen LogP contribution in [0.25, 0.3) is 22.5 Å². The number of nitrogens with one attached hydrogen (secondary N) is 5. The molecule has 0 unspecified atom stereocenters. The fraction of sp³-hybridized carbons (Fsp3) is 0.500. The molecule has 0 spiro atoms. The van der Waals surface area contributed by atoms with E-state index in [0.29, 0.717) is 73.7 Å². The van der Waals surface area contributed by atoms with Gasteiger partial charge >= 0.3 is 12.2 Å². The van der Waals surface area contributed by atoms with Gasteiger partial charge in [0.05, 0.1) is 7.11 Å². The van der Waals surface area contributed by atoms with Crippen molar-refractivity contribution in [3.63, 3.8) is 0 Å². The standard InChI is InChI=1S/C48H63N9O8/c1-29-25-34(43(59)50-36-21-23-57(24-22-36)46(62)65-48(5,6)7)16-19-37(29)38-26-31(11-20-40(38)63-8)27-39(44(60)51-35-17-14-32(15-18-35)41-53-55-56-54-41)52-42(58)33-12-9-30(10-13-33)28-49-45(61)64-47(2,3)4/h11,14-20,25-26,30,33,36,39H,9-10,12-13,21-24,27-28H2,1-8H3,(H,49,61)(H,50,59)(H,51,60)(H,52,58)(H,53,54,55,56)/t30-,33-,39-/m0/s1. The number of aromatic amines is 1. The molecule has 1 aliphatic carbocycles. The van der Waals surface area contributed by atoms with E-state index in [1.165, 1.54) is 0 Å².